The third kappa shape index (κ3) is 4.07. The summed E-state index contributed by atoms with van der Waals surface area (Å²) in [6, 6.07) is 0. The summed E-state index contributed by atoms with van der Waals surface area (Å²) in [6.07, 6.45) is -7.50. The van der Waals surface area contributed by atoms with Gasteiger partial charge in [0.15, 0.2) is 0 Å². The number of halogens is 12. The van der Waals surface area contributed by atoms with Crippen LogP contribution in [0.1, 0.15) is 0 Å². The number of alkyl halides is 12. The largest absolute Gasteiger partial charge is 0.394 e. The molecule has 0 aliphatic carbocycles. The van der Waals surface area contributed by atoms with Crippen molar-refractivity contribution in [2.45, 2.75) is 42.1 Å². The molecule has 0 aromatic heterocycles. The lowest BCUT2D eigenvalue weighted by atomic mass is 9.94. The van der Waals surface area contributed by atoms with Crippen LogP contribution in [0.25, 0.3) is 0 Å². The molecular weight excluding hydrogens is 396 g/mol. The van der Waals surface area contributed by atoms with E-state index in [0.717, 1.165) is 0 Å². The first-order valence-corrected chi connectivity index (χ1v) is 5.94. The van der Waals surface area contributed by atoms with Crippen LogP contribution in [-0.4, -0.2) is 72.2 Å². The van der Waals surface area contributed by atoms with E-state index in [0.29, 0.717) is 0 Å². The van der Waals surface area contributed by atoms with Crippen LogP contribution in [0.2, 0.25) is 0 Å². The molecule has 25 heavy (non-hydrogen) atoms. The van der Waals surface area contributed by atoms with Gasteiger partial charge in [0.05, 0.1) is 13.2 Å². The van der Waals surface area contributed by atoms with Crippen molar-refractivity contribution >= 4 is 0 Å². The molecule has 0 fully saturated rings. The summed E-state index contributed by atoms with van der Waals surface area (Å²) in [7, 11) is 0. The van der Waals surface area contributed by atoms with Crippen molar-refractivity contribution in [1.82, 2.24) is 0 Å². The third-order valence-corrected chi connectivity index (χ3v) is 2.75. The highest BCUT2D eigenvalue weighted by Crippen LogP contribution is 2.58. The van der Waals surface area contributed by atoms with E-state index in [1.807, 2.05) is 0 Å². The summed E-state index contributed by atoms with van der Waals surface area (Å²) >= 11 is 0. The summed E-state index contributed by atoms with van der Waals surface area (Å²) in [5.41, 5.74) is 0. The molecule has 0 radical (unpaired) electrons. The van der Waals surface area contributed by atoms with Crippen molar-refractivity contribution in [3.8, 4) is 0 Å². The zero-order valence-electron chi connectivity index (χ0n) is 11.6. The van der Waals surface area contributed by atoms with Gasteiger partial charge in [-0.25, -0.2) is 8.78 Å². The Labute approximate surface area is 131 Å². The Balaban J connectivity index is 5.64. The second-order valence-corrected chi connectivity index (χ2v) is 4.70. The van der Waals surface area contributed by atoms with Gasteiger partial charge < -0.3 is 14.9 Å². The zero-order chi connectivity index (χ0) is 20.5. The van der Waals surface area contributed by atoms with Gasteiger partial charge in [0.2, 0.25) is 0 Å². The molecule has 0 spiro atoms. The van der Waals surface area contributed by atoms with Crippen molar-refractivity contribution in [2.75, 3.05) is 19.8 Å². The van der Waals surface area contributed by atoms with Gasteiger partial charge in [0, 0.05) is 0 Å². The van der Waals surface area contributed by atoms with Crippen molar-refractivity contribution in [2.24, 2.45) is 0 Å². The van der Waals surface area contributed by atoms with Gasteiger partial charge in [-0.15, -0.1) is 0 Å². The standard InChI is InChI=1S/C10H10F12O3/c11-5(12)7(15,16)9(19,20)10(21,22)8(17,18)6(13,14)3-25-2-4(24)1-23/h4-5,23-24H,1-3H2/t4-/m0/s1. The SMILES string of the molecule is OC[C@H](O)COCC(F)(F)C(F)(F)C(F)(F)C(F)(F)C(F)(F)C(F)F. The number of aliphatic hydroxyl groups excluding tert-OH is 2. The molecular formula is C10H10F12O3. The molecule has 0 unspecified atom stereocenters. The molecule has 0 saturated carbocycles. The fraction of sp³-hybridized carbons (Fsp3) is 1.00. The predicted octanol–water partition coefficient (Wildman–Crippen LogP) is 2.80. The molecule has 1 atom stereocenters. The van der Waals surface area contributed by atoms with Crippen LogP contribution in [0, 0.1) is 0 Å². The first kappa shape index (κ1) is 24.0. The number of hydrogen-bond acceptors (Lipinski definition) is 3. The Kier molecular flexibility index (Phi) is 7.06. The van der Waals surface area contributed by atoms with Gasteiger partial charge in [-0.2, -0.15) is 43.9 Å². The molecule has 3 nitrogen and oxygen atoms in total. The monoisotopic (exact) mass is 406 g/mol. The second kappa shape index (κ2) is 7.34. The number of aliphatic hydroxyl groups is 2. The van der Waals surface area contributed by atoms with Gasteiger partial charge in [-0.05, 0) is 0 Å². The van der Waals surface area contributed by atoms with Crippen molar-refractivity contribution in [3.63, 3.8) is 0 Å². The lowest BCUT2D eigenvalue weighted by molar-refractivity contribution is -0.415. The molecule has 0 aliphatic rings. The van der Waals surface area contributed by atoms with E-state index in [1.54, 1.807) is 0 Å². The number of rotatable bonds is 10. The molecule has 152 valence electrons. The lowest BCUT2D eigenvalue weighted by Crippen LogP contribution is -2.69. The van der Waals surface area contributed by atoms with Crippen molar-refractivity contribution < 1.29 is 67.6 Å². The van der Waals surface area contributed by atoms with Crippen LogP contribution in [0.4, 0.5) is 52.7 Å². The molecule has 15 heteroatoms. The lowest BCUT2D eigenvalue weighted by Gasteiger charge is -2.39. The van der Waals surface area contributed by atoms with Gasteiger partial charge in [0.25, 0.3) is 0 Å². The smallest absolute Gasteiger partial charge is 0.384 e. The quantitative estimate of drug-likeness (QED) is 0.549. The minimum absolute atomic E-state index is 1.14. The van der Waals surface area contributed by atoms with Crippen molar-refractivity contribution in [1.29, 1.82) is 0 Å². The Morgan fingerprint density at radius 2 is 1.20 bits per heavy atom. The highest BCUT2D eigenvalue weighted by molar-refractivity contribution is 5.09. The highest BCUT2D eigenvalue weighted by Gasteiger charge is 2.87. The summed E-state index contributed by atoms with van der Waals surface area (Å²) in [5, 5.41) is 16.9. The fourth-order valence-corrected chi connectivity index (χ4v) is 1.24. The highest BCUT2D eigenvalue weighted by atomic mass is 19.4. The zero-order valence-corrected chi connectivity index (χ0v) is 11.6. The van der Waals surface area contributed by atoms with E-state index in [9.17, 15) is 52.7 Å². The fourth-order valence-electron chi connectivity index (χ4n) is 1.24. The molecule has 0 aromatic rings. The van der Waals surface area contributed by atoms with Gasteiger partial charge in [0.1, 0.15) is 12.7 Å². The van der Waals surface area contributed by atoms with Crippen LogP contribution in [0.5, 0.6) is 0 Å². The molecule has 0 rings (SSSR count). The topological polar surface area (TPSA) is 49.7 Å². The molecule has 2 N–H and O–H groups in total. The van der Waals surface area contributed by atoms with E-state index in [4.69, 9.17) is 10.2 Å². The van der Waals surface area contributed by atoms with E-state index in [1.165, 1.54) is 0 Å². The summed E-state index contributed by atoms with van der Waals surface area (Å²) in [5.74, 6) is -35.7. The number of hydrogen-bond donors (Lipinski definition) is 2. The Bertz CT molecular complexity index is 439. The molecule has 0 aliphatic heterocycles. The molecule has 0 saturated heterocycles. The first-order chi connectivity index (χ1) is 10.9. The normalized spacial score (nSPS) is 16.4. The van der Waals surface area contributed by atoms with Gasteiger partial charge in [-0.1, -0.05) is 0 Å². The van der Waals surface area contributed by atoms with E-state index in [2.05, 4.69) is 4.74 Å². The molecule has 0 aromatic carbocycles. The van der Waals surface area contributed by atoms with E-state index >= 15 is 0 Å². The third-order valence-electron chi connectivity index (χ3n) is 2.75. The Hall–Kier alpha value is -0.960. The van der Waals surface area contributed by atoms with Crippen LogP contribution < -0.4 is 0 Å². The van der Waals surface area contributed by atoms with Crippen LogP contribution in [-0.2, 0) is 4.74 Å². The van der Waals surface area contributed by atoms with Crippen molar-refractivity contribution in [3.05, 3.63) is 0 Å². The maximum absolute atomic E-state index is 13.1. The molecule has 0 bridgehead atoms. The Morgan fingerprint density at radius 3 is 1.56 bits per heavy atom. The minimum atomic E-state index is -7.61. The molecule has 0 amide bonds. The Morgan fingerprint density at radius 1 is 0.760 bits per heavy atom. The van der Waals surface area contributed by atoms with Crippen LogP contribution in [0.3, 0.4) is 0 Å². The second-order valence-electron chi connectivity index (χ2n) is 4.70. The number of ether oxygens (including phenoxy) is 1. The van der Waals surface area contributed by atoms with Gasteiger partial charge >= 0.3 is 36.0 Å². The maximum atomic E-state index is 13.1. The average molecular weight is 406 g/mol. The van der Waals surface area contributed by atoms with Gasteiger partial charge in [-0.3, -0.25) is 0 Å². The summed E-state index contributed by atoms with van der Waals surface area (Å²) in [4.78, 5) is 0. The first-order valence-electron chi connectivity index (χ1n) is 5.94. The summed E-state index contributed by atoms with van der Waals surface area (Å²) < 4.78 is 156. The average Bonchev–Trinajstić information content (AvgIpc) is 2.45. The minimum Gasteiger partial charge on any atom is -0.394 e. The maximum Gasteiger partial charge on any atom is 0.384 e. The molecule has 0 heterocycles. The van der Waals surface area contributed by atoms with Crippen LogP contribution in [0.15, 0.2) is 0 Å². The van der Waals surface area contributed by atoms with Crippen LogP contribution >= 0.6 is 0 Å². The summed E-state index contributed by atoms with van der Waals surface area (Å²) in [6.45, 7) is -5.25. The van der Waals surface area contributed by atoms with E-state index < -0.39 is 62.0 Å². The predicted molar refractivity (Wildman–Crippen MR) is 54.7 cm³/mol. The van der Waals surface area contributed by atoms with E-state index in [-0.39, 0.29) is 0 Å².